The lowest BCUT2D eigenvalue weighted by atomic mass is 10.1. The summed E-state index contributed by atoms with van der Waals surface area (Å²) >= 11 is 1.67. The van der Waals surface area contributed by atoms with Gasteiger partial charge in [0.1, 0.15) is 12.1 Å². The molecule has 1 fully saturated rings. The minimum atomic E-state index is -0.198. The van der Waals surface area contributed by atoms with Crippen LogP contribution in [0.1, 0.15) is 5.56 Å². The average Bonchev–Trinajstić information content (AvgIpc) is 2.56. The Hall–Kier alpha value is -1.20. The molecule has 0 bridgehead atoms. The molecule has 0 aromatic carbocycles. The highest BCUT2D eigenvalue weighted by molar-refractivity contribution is 7.18. The smallest absolute Gasteiger partial charge is 0.150 e. The van der Waals surface area contributed by atoms with Crippen LogP contribution < -0.4 is 4.90 Å². The van der Waals surface area contributed by atoms with Gasteiger partial charge in [0.25, 0.3) is 0 Å². The van der Waals surface area contributed by atoms with Crippen LogP contribution in [0.3, 0.4) is 0 Å². The number of rotatable bonds is 1. The topological polar surface area (TPSA) is 49.2 Å². The first-order valence-corrected chi connectivity index (χ1v) is 5.75. The Balaban J connectivity index is 2.10. The van der Waals surface area contributed by atoms with E-state index in [2.05, 4.69) is 27.2 Å². The Bertz CT molecular complexity index is 504. The monoisotopic (exact) mass is 221 g/mol. The zero-order chi connectivity index (χ0) is 10.4. The number of fused-ring (bicyclic) bond motifs is 1. The van der Waals surface area contributed by atoms with Gasteiger partial charge in [-0.05, 0) is 17.9 Å². The van der Waals surface area contributed by atoms with Gasteiger partial charge < -0.3 is 10.0 Å². The molecule has 5 heteroatoms. The fourth-order valence-corrected chi connectivity index (χ4v) is 2.83. The lowest BCUT2D eigenvalue weighted by molar-refractivity contribution is 0.141. The van der Waals surface area contributed by atoms with Crippen molar-refractivity contribution in [2.24, 2.45) is 0 Å². The van der Waals surface area contributed by atoms with E-state index in [-0.39, 0.29) is 6.10 Å². The second kappa shape index (κ2) is 3.15. The molecule has 0 unspecified atom stereocenters. The van der Waals surface area contributed by atoms with E-state index >= 15 is 0 Å². The second-order valence-corrected chi connectivity index (χ2v) is 4.73. The third kappa shape index (κ3) is 1.31. The van der Waals surface area contributed by atoms with E-state index in [1.807, 2.05) is 0 Å². The van der Waals surface area contributed by atoms with Gasteiger partial charge >= 0.3 is 0 Å². The van der Waals surface area contributed by atoms with Crippen LogP contribution >= 0.6 is 11.3 Å². The lowest BCUT2D eigenvalue weighted by Gasteiger charge is -2.36. The largest absolute Gasteiger partial charge is 0.389 e. The fraction of sp³-hybridized carbons (Fsp3) is 0.400. The molecular weight excluding hydrogens is 210 g/mol. The van der Waals surface area contributed by atoms with E-state index in [0.717, 1.165) is 16.0 Å². The molecule has 1 aliphatic rings. The van der Waals surface area contributed by atoms with Crippen molar-refractivity contribution in [1.82, 2.24) is 9.97 Å². The van der Waals surface area contributed by atoms with Gasteiger partial charge in [-0.1, -0.05) is 0 Å². The molecule has 1 aliphatic heterocycles. The molecule has 0 radical (unpaired) electrons. The van der Waals surface area contributed by atoms with Crippen LogP contribution in [-0.2, 0) is 0 Å². The van der Waals surface area contributed by atoms with Crippen molar-refractivity contribution in [3.63, 3.8) is 0 Å². The predicted octanol–water partition coefficient (Wildman–Crippen LogP) is 1.18. The third-order valence-electron chi connectivity index (χ3n) is 2.67. The Labute approximate surface area is 91.2 Å². The number of thiophene rings is 1. The summed E-state index contributed by atoms with van der Waals surface area (Å²) < 4.78 is 1.13. The quantitative estimate of drug-likeness (QED) is 0.785. The molecule has 15 heavy (non-hydrogen) atoms. The van der Waals surface area contributed by atoms with Crippen LogP contribution in [0.15, 0.2) is 11.7 Å². The summed E-state index contributed by atoms with van der Waals surface area (Å²) in [5.41, 5.74) is 2.23. The molecule has 2 aromatic rings. The van der Waals surface area contributed by atoms with E-state index in [1.54, 1.807) is 17.7 Å². The zero-order valence-corrected chi connectivity index (χ0v) is 9.16. The fourth-order valence-electron chi connectivity index (χ4n) is 1.81. The normalized spacial score (nSPS) is 17.1. The minimum absolute atomic E-state index is 0.198. The molecule has 3 heterocycles. The van der Waals surface area contributed by atoms with Crippen LogP contribution in [0.2, 0.25) is 0 Å². The SMILES string of the molecule is Cc1csc2c(N3CC(O)C3)ncnc12. The number of aryl methyl sites for hydroxylation is 1. The zero-order valence-electron chi connectivity index (χ0n) is 8.34. The van der Waals surface area contributed by atoms with Gasteiger partial charge in [-0.3, -0.25) is 0 Å². The highest BCUT2D eigenvalue weighted by Gasteiger charge is 2.27. The number of hydrogen-bond donors (Lipinski definition) is 1. The van der Waals surface area contributed by atoms with Crippen LogP contribution in [0.25, 0.3) is 10.2 Å². The van der Waals surface area contributed by atoms with E-state index in [0.29, 0.717) is 13.1 Å². The number of hydrogen-bond acceptors (Lipinski definition) is 5. The van der Waals surface area contributed by atoms with Crippen LogP contribution in [-0.4, -0.2) is 34.3 Å². The van der Waals surface area contributed by atoms with Crippen molar-refractivity contribution in [3.8, 4) is 0 Å². The number of nitrogens with zero attached hydrogens (tertiary/aromatic N) is 3. The number of anilines is 1. The van der Waals surface area contributed by atoms with E-state index < -0.39 is 0 Å². The maximum absolute atomic E-state index is 9.28. The van der Waals surface area contributed by atoms with E-state index in [1.165, 1.54) is 5.56 Å². The second-order valence-electron chi connectivity index (χ2n) is 3.85. The van der Waals surface area contributed by atoms with Crippen molar-refractivity contribution >= 4 is 27.4 Å². The van der Waals surface area contributed by atoms with Crippen LogP contribution in [0, 0.1) is 6.92 Å². The summed E-state index contributed by atoms with van der Waals surface area (Å²) in [7, 11) is 0. The van der Waals surface area contributed by atoms with E-state index in [4.69, 9.17) is 0 Å². The molecule has 2 aromatic heterocycles. The summed E-state index contributed by atoms with van der Waals surface area (Å²) in [4.78, 5) is 10.7. The molecule has 0 saturated carbocycles. The van der Waals surface area contributed by atoms with Crippen molar-refractivity contribution in [1.29, 1.82) is 0 Å². The molecule has 1 N–H and O–H groups in total. The third-order valence-corrected chi connectivity index (χ3v) is 3.76. The molecule has 0 aliphatic carbocycles. The highest BCUT2D eigenvalue weighted by atomic mass is 32.1. The summed E-state index contributed by atoms with van der Waals surface area (Å²) in [6, 6.07) is 0. The summed E-state index contributed by atoms with van der Waals surface area (Å²) in [6.07, 6.45) is 1.40. The first kappa shape index (κ1) is 9.06. The Morgan fingerprint density at radius 2 is 2.27 bits per heavy atom. The molecule has 4 nitrogen and oxygen atoms in total. The Kier molecular flexibility index (Phi) is 1.90. The standard InChI is InChI=1S/C10H11N3OS/c1-6-4-15-9-8(6)11-5-12-10(9)13-2-7(14)3-13/h4-5,7,14H,2-3H2,1H3. The van der Waals surface area contributed by atoms with Gasteiger partial charge in [-0.25, -0.2) is 9.97 Å². The van der Waals surface area contributed by atoms with Crippen molar-refractivity contribution in [2.75, 3.05) is 18.0 Å². The molecule has 0 atom stereocenters. The Morgan fingerprint density at radius 1 is 1.47 bits per heavy atom. The first-order chi connectivity index (χ1) is 7.25. The molecule has 1 saturated heterocycles. The van der Waals surface area contributed by atoms with Gasteiger partial charge in [0.05, 0.1) is 16.3 Å². The average molecular weight is 221 g/mol. The molecule has 78 valence electrons. The van der Waals surface area contributed by atoms with Crippen molar-refractivity contribution < 1.29 is 5.11 Å². The molecule has 3 rings (SSSR count). The van der Waals surface area contributed by atoms with Gasteiger partial charge in [0.2, 0.25) is 0 Å². The Morgan fingerprint density at radius 3 is 3.00 bits per heavy atom. The molecule has 0 amide bonds. The number of aliphatic hydroxyl groups excluding tert-OH is 1. The lowest BCUT2D eigenvalue weighted by Crippen LogP contribution is -2.51. The number of β-amino-alcohol motifs (C(OH)–C–C–N with tert-alkyl or cyclic N) is 1. The van der Waals surface area contributed by atoms with Crippen LogP contribution in [0.5, 0.6) is 0 Å². The van der Waals surface area contributed by atoms with Gasteiger partial charge in [-0.15, -0.1) is 11.3 Å². The summed E-state index contributed by atoms with van der Waals surface area (Å²) in [5.74, 6) is 0.961. The van der Waals surface area contributed by atoms with Crippen molar-refractivity contribution in [2.45, 2.75) is 13.0 Å². The minimum Gasteiger partial charge on any atom is -0.389 e. The van der Waals surface area contributed by atoms with Gasteiger partial charge in [0, 0.05) is 13.1 Å². The first-order valence-electron chi connectivity index (χ1n) is 4.87. The van der Waals surface area contributed by atoms with E-state index in [9.17, 15) is 5.11 Å². The molecular formula is C10H11N3OS. The highest BCUT2D eigenvalue weighted by Crippen LogP contribution is 2.32. The summed E-state index contributed by atoms with van der Waals surface area (Å²) in [5, 5.41) is 11.4. The van der Waals surface area contributed by atoms with Gasteiger partial charge in [-0.2, -0.15) is 0 Å². The predicted molar refractivity (Wildman–Crippen MR) is 60.4 cm³/mol. The van der Waals surface area contributed by atoms with Crippen LogP contribution in [0.4, 0.5) is 5.82 Å². The maximum Gasteiger partial charge on any atom is 0.150 e. The number of aromatic nitrogens is 2. The summed E-state index contributed by atoms with van der Waals surface area (Å²) in [6.45, 7) is 3.42. The number of aliphatic hydroxyl groups is 1. The van der Waals surface area contributed by atoms with Gasteiger partial charge in [0.15, 0.2) is 0 Å². The molecule has 0 spiro atoms. The van der Waals surface area contributed by atoms with Crippen molar-refractivity contribution in [3.05, 3.63) is 17.3 Å². The maximum atomic E-state index is 9.28.